The van der Waals surface area contributed by atoms with Gasteiger partial charge < -0.3 is 29.0 Å². The van der Waals surface area contributed by atoms with Crippen LogP contribution in [0.1, 0.15) is 25.0 Å². The Morgan fingerprint density at radius 2 is 1.52 bits per heavy atom. The molecule has 2 aromatic rings. The molecule has 1 heterocycles. The minimum atomic E-state index is -0.815. The minimum Gasteiger partial charge on any atom is -0.457 e. The summed E-state index contributed by atoms with van der Waals surface area (Å²) in [5.74, 6) is -0.762. The Bertz CT molecular complexity index is 877. The predicted molar refractivity (Wildman–Crippen MR) is 120 cm³/mol. The molecule has 2 aromatic carbocycles. The van der Waals surface area contributed by atoms with Gasteiger partial charge in [-0.3, -0.25) is 9.59 Å². The normalized spacial score (nSPS) is 24.8. The van der Waals surface area contributed by atoms with Gasteiger partial charge in [0, 0.05) is 21.0 Å². The molecule has 3 rings (SSSR count). The average molecular weight is 458 g/mol. The standard InChI is InChI=1S/C25H31NO7/c1-17(27)26-22-24(31-15-20-12-8-5-9-13-20)23(32-18(2)28)21(33-25(22)29-3)16-30-14-19-10-6-4-7-11-19/h4-13,21-25H,14-16H2,1-3H3,(H,26,27)/t21-,22-,23-,24-,25-/m1/s1. The Hall–Kier alpha value is -2.78. The molecular formula is C25H31NO7. The minimum absolute atomic E-state index is 0.144. The predicted octanol–water partition coefficient (Wildman–Crippen LogP) is 2.60. The second kappa shape index (κ2) is 12.5. The van der Waals surface area contributed by atoms with E-state index in [1.165, 1.54) is 21.0 Å². The van der Waals surface area contributed by atoms with Crippen molar-refractivity contribution < 1.29 is 33.3 Å². The van der Waals surface area contributed by atoms with Gasteiger partial charge in [0.15, 0.2) is 12.4 Å². The molecule has 1 saturated heterocycles. The summed E-state index contributed by atoms with van der Waals surface area (Å²) in [5, 5.41) is 2.83. The zero-order valence-electron chi connectivity index (χ0n) is 19.1. The van der Waals surface area contributed by atoms with Crippen LogP contribution < -0.4 is 5.32 Å². The number of benzene rings is 2. The molecule has 1 aliphatic rings. The molecule has 0 spiro atoms. The fraction of sp³-hybridized carbons (Fsp3) is 0.440. The summed E-state index contributed by atoms with van der Waals surface area (Å²) in [5.41, 5.74) is 1.95. The Kier molecular flexibility index (Phi) is 9.38. The molecule has 0 unspecified atom stereocenters. The van der Waals surface area contributed by atoms with Gasteiger partial charge in [-0.05, 0) is 11.1 Å². The van der Waals surface area contributed by atoms with E-state index in [2.05, 4.69) is 5.32 Å². The topological polar surface area (TPSA) is 92.3 Å². The highest BCUT2D eigenvalue weighted by molar-refractivity contribution is 5.73. The highest BCUT2D eigenvalue weighted by atomic mass is 16.7. The van der Waals surface area contributed by atoms with E-state index in [0.29, 0.717) is 6.61 Å². The number of carbonyl (C=O) groups excluding carboxylic acids is 2. The molecule has 1 aliphatic heterocycles. The summed E-state index contributed by atoms with van der Waals surface area (Å²) in [6.07, 6.45) is -3.01. The molecule has 8 heteroatoms. The summed E-state index contributed by atoms with van der Waals surface area (Å²) in [6.45, 7) is 3.50. The van der Waals surface area contributed by atoms with Gasteiger partial charge in [0.25, 0.3) is 0 Å². The third kappa shape index (κ3) is 7.36. The first kappa shape index (κ1) is 24.9. The van der Waals surface area contributed by atoms with E-state index in [-0.39, 0.29) is 19.1 Å². The first-order valence-electron chi connectivity index (χ1n) is 10.9. The lowest BCUT2D eigenvalue weighted by atomic mass is 9.96. The molecule has 0 aromatic heterocycles. The Labute approximate surface area is 194 Å². The van der Waals surface area contributed by atoms with Gasteiger partial charge >= 0.3 is 5.97 Å². The van der Waals surface area contributed by atoms with Gasteiger partial charge in [-0.1, -0.05) is 60.7 Å². The molecule has 5 atom stereocenters. The van der Waals surface area contributed by atoms with Crippen molar-refractivity contribution in [3.05, 3.63) is 71.8 Å². The number of amides is 1. The molecule has 33 heavy (non-hydrogen) atoms. The molecule has 0 aliphatic carbocycles. The van der Waals surface area contributed by atoms with E-state index in [4.69, 9.17) is 23.7 Å². The number of esters is 1. The molecule has 0 radical (unpaired) electrons. The summed E-state index contributed by atoms with van der Waals surface area (Å²) < 4.78 is 29.3. The van der Waals surface area contributed by atoms with Gasteiger partial charge in [0.05, 0.1) is 19.8 Å². The molecule has 0 bridgehead atoms. The third-order valence-corrected chi connectivity index (χ3v) is 5.23. The van der Waals surface area contributed by atoms with E-state index in [1.807, 2.05) is 60.7 Å². The summed E-state index contributed by atoms with van der Waals surface area (Å²) in [6, 6.07) is 18.6. The number of hydrogen-bond acceptors (Lipinski definition) is 7. The fourth-order valence-corrected chi connectivity index (χ4v) is 3.79. The quantitative estimate of drug-likeness (QED) is 0.548. The van der Waals surface area contributed by atoms with Gasteiger partial charge in [0.2, 0.25) is 5.91 Å². The van der Waals surface area contributed by atoms with E-state index >= 15 is 0 Å². The number of hydrogen-bond donors (Lipinski definition) is 1. The zero-order chi connectivity index (χ0) is 23.6. The molecule has 178 valence electrons. The Balaban J connectivity index is 1.80. The van der Waals surface area contributed by atoms with Crippen LogP contribution in [0.25, 0.3) is 0 Å². The van der Waals surface area contributed by atoms with Gasteiger partial charge in [-0.2, -0.15) is 0 Å². The number of methoxy groups -OCH3 is 1. The van der Waals surface area contributed by atoms with E-state index in [1.54, 1.807) is 0 Å². The van der Waals surface area contributed by atoms with Crippen LogP contribution in [0, 0.1) is 0 Å². The molecule has 1 fully saturated rings. The van der Waals surface area contributed by atoms with Crippen molar-refractivity contribution in [3.63, 3.8) is 0 Å². The van der Waals surface area contributed by atoms with Gasteiger partial charge in [0.1, 0.15) is 18.2 Å². The Morgan fingerprint density at radius 3 is 2.06 bits per heavy atom. The maximum atomic E-state index is 12.0. The summed E-state index contributed by atoms with van der Waals surface area (Å²) in [7, 11) is 1.49. The van der Waals surface area contributed by atoms with Crippen LogP contribution in [0.15, 0.2) is 60.7 Å². The van der Waals surface area contributed by atoms with Crippen LogP contribution in [-0.4, -0.2) is 56.2 Å². The summed E-state index contributed by atoms with van der Waals surface area (Å²) in [4.78, 5) is 23.9. The Morgan fingerprint density at radius 1 is 0.909 bits per heavy atom. The first-order chi connectivity index (χ1) is 16.0. The highest BCUT2D eigenvalue weighted by Gasteiger charge is 2.49. The maximum Gasteiger partial charge on any atom is 0.303 e. The number of ether oxygens (including phenoxy) is 5. The lowest BCUT2D eigenvalue weighted by Crippen LogP contribution is -2.66. The third-order valence-electron chi connectivity index (χ3n) is 5.23. The van der Waals surface area contributed by atoms with Gasteiger partial charge in [-0.25, -0.2) is 0 Å². The van der Waals surface area contributed by atoms with Crippen LogP contribution in [0.2, 0.25) is 0 Å². The maximum absolute atomic E-state index is 12.0. The highest BCUT2D eigenvalue weighted by Crippen LogP contribution is 2.28. The zero-order valence-corrected chi connectivity index (χ0v) is 19.1. The van der Waals surface area contributed by atoms with Crippen molar-refractivity contribution >= 4 is 11.9 Å². The summed E-state index contributed by atoms with van der Waals surface area (Å²) >= 11 is 0. The average Bonchev–Trinajstić information content (AvgIpc) is 2.80. The SMILES string of the molecule is CO[C@@H]1O[C@H](COCc2ccccc2)[C@@H](OC(C)=O)[C@H](OCc2ccccc2)[C@H]1NC(C)=O. The number of carbonyl (C=O) groups is 2. The van der Waals surface area contributed by atoms with Crippen molar-refractivity contribution in [3.8, 4) is 0 Å². The number of rotatable bonds is 10. The van der Waals surface area contributed by atoms with Crippen LogP contribution in [0.3, 0.4) is 0 Å². The molecule has 8 nitrogen and oxygen atoms in total. The van der Waals surface area contributed by atoms with E-state index in [0.717, 1.165) is 11.1 Å². The van der Waals surface area contributed by atoms with Crippen molar-refractivity contribution in [1.29, 1.82) is 0 Å². The smallest absolute Gasteiger partial charge is 0.303 e. The molecule has 0 saturated carbocycles. The van der Waals surface area contributed by atoms with Crippen LogP contribution in [0.5, 0.6) is 0 Å². The van der Waals surface area contributed by atoms with Crippen molar-refractivity contribution in [2.45, 2.75) is 57.7 Å². The lowest BCUT2D eigenvalue weighted by Gasteiger charge is -2.45. The monoisotopic (exact) mass is 457 g/mol. The second-order valence-electron chi connectivity index (χ2n) is 7.84. The van der Waals surface area contributed by atoms with Crippen molar-refractivity contribution in [1.82, 2.24) is 5.32 Å². The number of nitrogens with one attached hydrogen (secondary N) is 1. The fourth-order valence-electron chi connectivity index (χ4n) is 3.79. The van der Waals surface area contributed by atoms with Gasteiger partial charge in [-0.15, -0.1) is 0 Å². The first-order valence-corrected chi connectivity index (χ1v) is 10.9. The van der Waals surface area contributed by atoms with E-state index < -0.39 is 36.6 Å². The molecular weight excluding hydrogens is 426 g/mol. The lowest BCUT2D eigenvalue weighted by molar-refractivity contribution is -0.278. The second-order valence-corrected chi connectivity index (χ2v) is 7.84. The molecule has 1 N–H and O–H groups in total. The van der Waals surface area contributed by atoms with Crippen molar-refractivity contribution in [2.75, 3.05) is 13.7 Å². The van der Waals surface area contributed by atoms with Crippen LogP contribution in [0.4, 0.5) is 0 Å². The largest absolute Gasteiger partial charge is 0.457 e. The van der Waals surface area contributed by atoms with E-state index in [9.17, 15) is 9.59 Å². The van der Waals surface area contributed by atoms with Crippen molar-refractivity contribution in [2.24, 2.45) is 0 Å². The van der Waals surface area contributed by atoms with Crippen LogP contribution >= 0.6 is 0 Å². The van der Waals surface area contributed by atoms with Crippen LogP contribution in [-0.2, 0) is 46.5 Å². The molecule has 1 amide bonds.